The molecule has 4 aromatic rings. The molecule has 0 atom stereocenters. The van der Waals surface area contributed by atoms with Crippen LogP contribution in [0.5, 0.6) is 0 Å². The maximum Gasteiger partial charge on any atom is 0.270 e. The zero-order valence-electron chi connectivity index (χ0n) is 21.5. The summed E-state index contributed by atoms with van der Waals surface area (Å²) in [6.45, 7) is 1.62. The molecule has 11 heteroatoms. The van der Waals surface area contributed by atoms with Gasteiger partial charge in [-0.3, -0.25) is 24.5 Å². The van der Waals surface area contributed by atoms with Crippen molar-refractivity contribution in [2.45, 2.75) is 26.4 Å². The number of hydrogen-bond donors (Lipinski definition) is 0. The zero-order valence-corrected chi connectivity index (χ0v) is 22.3. The lowest BCUT2D eigenvalue weighted by molar-refractivity contribution is -0.384. The molecule has 1 aromatic heterocycles. The monoisotopic (exact) mass is 565 g/mol. The molecule has 0 N–H and O–H groups in total. The van der Waals surface area contributed by atoms with Gasteiger partial charge in [-0.05, 0) is 42.3 Å². The van der Waals surface area contributed by atoms with Crippen LogP contribution in [0.2, 0.25) is 5.02 Å². The van der Waals surface area contributed by atoms with E-state index in [1.807, 2.05) is 6.92 Å². The van der Waals surface area contributed by atoms with Gasteiger partial charge in [0.1, 0.15) is 17.9 Å². The average molecular weight is 566 g/mol. The number of fused-ring (bicyclic) bond motifs is 1. The molecule has 0 aliphatic rings. The van der Waals surface area contributed by atoms with Crippen molar-refractivity contribution < 1.29 is 23.3 Å². The Balaban J connectivity index is 1.63. The second-order valence-corrected chi connectivity index (χ2v) is 9.52. The number of nitrogens with zero attached hydrogens (tertiary/aromatic N) is 3. The lowest BCUT2D eigenvalue weighted by Gasteiger charge is -2.28. The second kappa shape index (κ2) is 12.5. The number of nitro groups is 1. The van der Waals surface area contributed by atoms with Gasteiger partial charge in [-0.15, -0.1) is 0 Å². The Morgan fingerprint density at radius 2 is 1.75 bits per heavy atom. The molecule has 1 heterocycles. The van der Waals surface area contributed by atoms with Crippen LogP contribution in [0.3, 0.4) is 0 Å². The van der Waals surface area contributed by atoms with Crippen LogP contribution in [0.1, 0.15) is 34.8 Å². The van der Waals surface area contributed by atoms with E-state index in [-0.39, 0.29) is 53.4 Å². The summed E-state index contributed by atoms with van der Waals surface area (Å²) in [5, 5.41) is 11.3. The molecular weight excluding hydrogens is 541 g/mol. The van der Waals surface area contributed by atoms with Crippen LogP contribution < -0.4 is 5.43 Å². The Kier molecular flexibility index (Phi) is 8.90. The van der Waals surface area contributed by atoms with Gasteiger partial charge in [0.25, 0.3) is 11.6 Å². The van der Waals surface area contributed by atoms with Crippen LogP contribution in [0.15, 0.2) is 82.2 Å². The molecule has 0 unspecified atom stereocenters. The van der Waals surface area contributed by atoms with Crippen molar-refractivity contribution >= 4 is 40.1 Å². The molecular formula is C29H25ClFN3O6. The first-order chi connectivity index (χ1) is 19.2. The summed E-state index contributed by atoms with van der Waals surface area (Å²) in [6.07, 6.45) is 1.83. The number of hydrogen-bond acceptors (Lipinski definition) is 6. The van der Waals surface area contributed by atoms with Crippen molar-refractivity contribution in [1.82, 2.24) is 9.80 Å². The number of rotatable bonds is 10. The summed E-state index contributed by atoms with van der Waals surface area (Å²) in [4.78, 5) is 53.3. The van der Waals surface area contributed by atoms with E-state index in [1.54, 1.807) is 24.3 Å². The molecule has 0 aliphatic heterocycles. The Bertz CT molecular complexity index is 1620. The van der Waals surface area contributed by atoms with Gasteiger partial charge >= 0.3 is 0 Å². The van der Waals surface area contributed by atoms with Crippen molar-refractivity contribution in [3.05, 3.63) is 121 Å². The second-order valence-electron chi connectivity index (χ2n) is 9.11. The van der Waals surface area contributed by atoms with E-state index in [4.69, 9.17) is 16.0 Å². The standard InChI is InChI=1S/C29H25ClFN3O6/c1-2-13-32(29(37)23-12-11-22(34(38)39)14-25(23)30)17-27(35)33(15-19-7-9-21(31)10-8-19)16-20-18-40-26-6-4-3-5-24(26)28(20)36/h3-12,14,18H,2,13,15-17H2,1H3. The quantitative estimate of drug-likeness (QED) is 0.183. The van der Waals surface area contributed by atoms with Gasteiger partial charge < -0.3 is 14.2 Å². The van der Waals surface area contributed by atoms with E-state index in [1.165, 1.54) is 52.5 Å². The molecule has 206 valence electrons. The summed E-state index contributed by atoms with van der Waals surface area (Å²) < 4.78 is 19.1. The highest BCUT2D eigenvalue weighted by Crippen LogP contribution is 2.24. The molecule has 2 amide bonds. The molecule has 9 nitrogen and oxygen atoms in total. The van der Waals surface area contributed by atoms with Gasteiger partial charge in [0.15, 0.2) is 5.43 Å². The van der Waals surface area contributed by atoms with Gasteiger partial charge in [0, 0.05) is 25.2 Å². The minimum atomic E-state index is -0.621. The van der Waals surface area contributed by atoms with Crippen LogP contribution in [-0.2, 0) is 17.9 Å². The summed E-state index contributed by atoms with van der Waals surface area (Å²) in [5.74, 6) is -1.48. The predicted molar refractivity (Wildman–Crippen MR) is 147 cm³/mol. The van der Waals surface area contributed by atoms with E-state index >= 15 is 0 Å². The highest BCUT2D eigenvalue weighted by Gasteiger charge is 2.25. The van der Waals surface area contributed by atoms with Gasteiger partial charge in [-0.2, -0.15) is 0 Å². The molecule has 0 saturated carbocycles. The number of benzene rings is 3. The van der Waals surface area contributed by atoms with E-state index in [2.05, 4.69) is 0 Å². The number of carbonyl (C=O) groups excluding carboxylic acids is 2. The van der Waals surface area contributed by atoms with Crippen LogP contribution >= 0.6 is 11.6 Å². The van der Waals surface area contributed by atoms with E-state index in [9.17, 15) is 28.9 Å². The first-order valence-electron chi connectivity index (χ1n) is 12.4. The molecule has 0 bridgehead atoms. The third-order valence-corrected chi connectivity index (χ3v) is 6.57. The summed E-state index contributed by atoms with van der Waals surface area (Å²) in [7, 11) is 0. The molecule has 0 radical (unpaired) electrons. The van der Waals surface area contributed by atoms with Crippen LogP contribution in [-0.4, -0.2) is 39.6 Å². The fourth-order valence-corrected chi connectivity index (χ4v) is 4.48. The molecule has 40 heavy (non-hydrogen) atoms. The molecule has 4 rings (SSSR count). The number of halogens is 2. The normalized spacial score (nSPS) is 10.9. The predicted octanol–water partition coefficient (Wildman–Crippen LogP) is 5.57. The Labute approximate surface area is 233 Å². The third-order valence-electron chi connectivity index (χ3n) is 6.25. The average Bonchev–Trinajstić information content (AvgIpc) is 2.94. The Hall–Kier alpha value is -4.57. The largest absolute Gasteiger partial charge is 0.464 e. The van der Waals surface area contributed by atoms with Crippen molar-refractivity contribution in [2.75, 3.05) is 13.1 Å². The van der Waals surface area contributed by atoms with Gasteiger partial charge in [-0.1, -0.05) is 42.8 Å². The van der Waals surface area contributed by atoms with Crippen LogP contribution in [0.4, 0.5) is 10.1 Å². The van der Waals surface area contributed by atoms with E-state index < -0.39 is 22.6 Å². The topological polar surface area (TPSA) is 114 Å². The summed E-state index contributed by atoms with van der Waals surface area (Å²) in [5.41, 5.74) is 0.728. The van der Waals surface area contributed by atoms with E-state index in [0.29, 0.717) is 23.0 Å². The van der Waals surface area contributed by atoms with Gasteiger partial charge in [0.2, 0.25) is 5.91 Å². The number of non-ortho nitro benzene ring substituents is 1. The van der Waals surface area contributed by atoms with Crippen LogP contribution in [0.25, 0.3) is 11.0 Å². The summed E-state index contributed by atoms with van der Waals surface area (Å²) in [6, 6.07) is 15.9. The fourth-order valence-electron chi connectivity index (χ4n) is 4.22. The molecule has 0 spiro atoms. The number of nitro benzene ring substituents is 1. The first kappa shape index (κ1) is 28.4. The fraction of sp³-hybridized carbons (Fsp3) is 0.207. The SMILES string of the molecule is CCCN(CC(=O)N(Cc1ccc(F)cc1)Cc1coc2ccccc2c1=O)C(=O)c1ccc([N+](=O)[O-])cc1Cl. The molecule has 0 fully saturated rings. The molecule has 0 aliphatic carbocycles. The van der Waals surface area contributed by atoms with Gasteiger partial charge in [0.05, 0.1) is 39.3 Å². The Morgan fingerprint density at radius 1 is 1.02 bits per heavy atom. The minimum Gasteiger partial charge on any atom is -0.464 e. The first-order valence-corrected chi connectivity index (χ1v) is 12.8. The van der Waals surface area contributed by atoms with Crippen molar-refractivity contribution in [1.29, 1.82) is 0 Å². The Morgan fingerprint density at radius 3 is 2.42 bits per heavy atom. The van der Waals surface area contributed by atoms with Crippen molar-refractivity contribution in [3.8, 4) is 0 Å². The van der Waals surface area contributed by atoms with Crippen molar-refractivity contribution in [2.24, 2.45) is 0 Å². The summed E-state index contributed by atoms with van der Waals surface area (Å²) >= 11 is 6.18. The zero-order chi connectivity index (χ0) is 28.8. The van der Waals surface area contributed by atoms with Crippen LogP contribution in [0, 0.1) is 15.9 Å². The van der Waals surface area contributed by atoms with Gasteiger partial charge in [-0.25, -0.2) is 4.39 Å². The highest BCUT2D eigenvalue weighted by molar-refractivity contribution is 6.34. The minimum absolute atomic E-state index is 0.0220. The highest BCUT2D eigenvalue weighted by atomic mass is 35.5. The number of para-hydroxylation sites is 1. The lowest BCUT2D eigenvalue weighted by atomic mass is 10.1. The molecule has 0 saturated heterocycles. The smallest absolute Gasteiger partial charge is 0.270 e. The molecule has 3 aromatic carbocycles. The number of amides is 2. The van der Waals surface area contributed by atoms with E-state index in [0.717, 1.165) is 6.07 Å². The maximum absolute atomic E-state index is 13.6. The maximum atomic E-state index is 13.6. The number of carbonyl (C=O) groups is 2. The van der Waals surface area contributed by atoms with Crippen molar-refractivity contribution in [3.63, 3.8) is 0 Å². The lowest BCUT2D eigenvalue weighted by Crippen LogP contribution is -2.43. The third kappa shape index (κ3) is 6.52.